The summed E-state index contributed by atoms with van der Waals surface area (Å²) in [5.74, 6) is -0.195. The minimum Gasteiger partial charge on any atom is -0.369 e. The van der Waals surface area contributed by atoms with Crippen LogP contribution in [-0.4, -0.2) is 73.0 Å². The van der Waals surface area contributed by atoms with Crippen molar-refractivity contribution in [2.75, 3.05) is 39.3 Å². The van der Waals surface area contributed by atoms with Crippen LogP contribution in [0.15, 0.2) is 0 Å². The van der Waals surface area contributed by atoms with Gasteiger partial charge in [-0.2, -0.15) is 0 Å². The summed E-state index contributed by atoms with van der Waals surface area (Å²) in [4.78, 5) is 27.1. The average Bonchev–Trinajstić information content (AvgIpc) is 2.43. The first-order valence-electron chi connectivity index (χ1n) is 7.81. The molecule has 120 valence electrons. The SMILES string of the molecule is NC(=O)CN1CCC(NC(=O)CN2CCC(N)CC2)CC1. The largest absolute Gasteiger partial charge is 0.369 e. The van der Waals surface area contributed by atoms with Crippen molar-refractivity contribution in [3.8, 4) is 0 Å². The van der Waals surface area contributed by atoms with Crippen LogP contribution in [0.4, 0.5) is 0 Å². The Morgan fingerprint density at radius 2 is 1.48 bits per heavy atom. The van der Waals surface area contributed by atoms with Crippen LogP contribution in [-0.2, 0) is 9.59 Å². The first-order chi connectivity index (χ1) is 10.0. The molecule has 2 amide bonds. The van der Waals surface area contributed by atoms with Crippen molar-refractivity contribution in [2.45, 2.75) is 37.8 Å². The molecule has 7 nitrogen and oxygen atoms in total. The van der Waals surface area contributed by atoms with Crippen molar-refractivity contribution in [3.63, 3.8) is 0 Å². The fourth-order valence-electron chi connectivity index (χ4n) is 3.04. The number of carbonyl (C=O) groups is 2. The van der Waals surface area contributed by atoms with Gasteiger partial charge in [0, 0.05) is 38.3 Å². The van der Waals surface area contributed by atoms with Gasteiger partial charge in [-0.1, -0.05) is 0 Å². The number of nitrogens with two attached hydrogens (primary N) is 2. The van der Waals surface area contributed by atoms with E-state index in [1.54, 1.807) is 0 Å². The molecule has 0 atom stereocenters. The lowest BCUT2D eigenvalue weighted by Gasteiger charge is -2.33. The molecule has 2 aliphatic rings. The first kappa shape index (κ1) is 16.2. The Hall–Kier alpha value is -1.18. The molecule has 21 heavy (non-hydrogen) atoms. The number of carbonyl (C=O) groups excluding carboxylic acids is 2. The second-order valence-corrected chi connectivity index (χ2v) is 6.20. The highest BCUT2D eigenvalue weighted by molar-refractivity contribution is 5.78. The Morgan fingerprint density at radius 1 is 0.952 bits per heavy atom. The van der Waals surface area contributed by atoms with Crippen molar-refractivity contribution in [1.82, 2.24) is 15.1 Å². The second-order valence-electron chi connectivity index (χ2n) is 6.20. The van der Waals surface area contributed by atoms with E-state index in [9.17, 15) is 9.59 Å². The summed E-state index contributed by atoms with van der Waals surface area (Å²) in [6, 6.07) is 0.507. The summed E-state index contributed by atoms with van der Waals surface area (Å²) in [5.41, 5.74) is 11.0. The Kier molecular flexibility index (Phi) is 5.96. The summed E-state index contributed by atoms with van der Waals surface area (Å²) in [6.07, 6.45) is 3.70. The predicted molar refractivity (Wildman–Crippen MR) is 80.4 cm³/mol. The molecule has 0 aromatic heterocycles. The standard InChI is InChI=1S/C14H27N5O2/c15-11-1-5-19(6-2-11)10-14(21)17-12-3-7-18(8-4-12)9-13(16)20/h11-12H,1-10,15H2,(H2,16,20)(H,17,21). The summed E-state index contributed by atoms with van der Waals surface area (Å²) >= 11 is 0. The fourth-order valence-corrected chi connectivity index (χ4v) is 3.04. The molecule has 2 aliphatic heterocycles. The van der Waals surface area contributed by atoms with Gasteiger partial charge >= 0.3 is 0 Å². The smallest absolute Gasteiger partial charge is 0.234 e. The lowest BCUT2D eigenvalue weighted by atomic mass is 10.0. The molecular weight excluding hydrogens is 270 g/mol. The maximum absolute atomic E-state index is 12.0. The molecule has 0 aromatic rings. The molecule has 0 unspecified atom stereocenters. The van der Waals surface area contributed by atoms with Crippen molar-refractivity contribution < 1.29 is 9.59 Å². The molecule has 0 aliphatic carbocycles. The third kappa shape index (κ3) is 5.61. The molecule has 2 fully saturated rings. The van der Waals surface area contributed by atoms with Gasteiger partial charge in [-0.3, -0.25) is 19.4 Å². The van der Waals surface area contributed by atoms with Crippen LogP contribution in [0, 0.1) is 0 Å². The maximum Gasteiger partial charge on any atom is 0.234 e. The van der Waals surface area contributed by atoms with E-state index in [1.165, 1.54) is 0 Å². The van der Waals surface area contributed by atoms with Gasteiger partial charge in [0.1, 0.15) is 0 Å². The van der Waals surface area contributed by atoms with E-state index < -0.39 is 0 Å². The molecule has 2 rings (SSSR count). The lowest BCUT2D eigenvalue weighted by Crippen LogP contribution is -2.50. The Bertz CT molecular complexity index is 360. The average molecular weight is 297 g/mol. The molecule has 2 saturated heterocycles. The van der Waals surface area contributed by atoms with Gasteiger partial charge in [0.2, 0.25) is 11.8 Å². The molecule has 5 N–H and O–H groups in total. The summed E-state index contributed by atoms with van der Waals surface area (Å²) < 4.78 is 0. The van der Waals surface area contributed by atoms with Crippen LogP contribution >= 0.6 is 0 Å². The highest BCUT2D eigenvalue weighted by Crippen LogP contribution is 2.11. The molecule has 0 spiro atoms. The van der Waals surface area contributed by atoms with Crippen LogP contribution in [0.1, 0.15) is 25.7 Å². The third-order valence-corrected chi connectivity index (χ3v) is 4.33. The molecule has 0 radical (unpaired) electrons. The number of nitrogens with one attached hydrogen (secondary N) is 1. The van der Waals surface area contributed by atoms with Gasteiger partial charge in [-0.25, -0.2) is 0 Å². The molecule has 0 bridgehead atoms. The zero-order valence-electron chi connectivity index (χ0n) is 12.6. The zero-order chi connectivity index (χ0) is 15.2. The van der Waals surface area contributed by atoms with Gasteiger partial charge in [0.05, 0.1) is 13.1 Å². The van der Waals surface area contributed by atoms with Crippen molar-refractivity contribution >= 4 is 11.8 Å². The van der Waals surface area contributed by atoms with Gasteiger partial charge in [0.15, 0.2) is 0 Å². The number of primary amides is 1. The fraction of sp³-hybridized carbons (Fsp3) is 0.857. The highest BCUT2D eigenvalue weighted by Gasteiger charge is 2.23. The van der Waals surface area contributed by atoms with Crippen LogP contribution in [0.3, 0.4) is 0 Å². The van der Waals surface area contributed by atoms with Crippen LogP contribution in [0.5, 0.6) is 0 Å². The molecular formula is C14H27N5O2. The quantitative estimate of drug-likeness (QED) is 0.571. The number of piperidine rings is 2. The molecule has 0 aromatic carbocycles. The predicted octanol–water partition coefficient (Wildman–Crippen LogP) is -1.52. The van der Waals surface area contributed by atoms with E-state index in [1.807, 2.05) is 4.90 Å². The lowest BCUT2D eigenvalue weighted by molar-refractivity contribution is -0.124. The van der Waals surface area contributed by atoms with Gasteiger partial charge in [-0.15, -0.1) is 0 Å². The van der Waals surface area contributed by atoms with Gasteiger partial charge in [-0.05, 0) is 25.7 Å². The number of hydrogen-bond acceptors (Lipinski definition) is 5. The van der Waals surface area contributed by atoms with Crippen LogP contribution in [0.2, 0.25) is 0 Å². The molecule has 0 saturated carbocycles. The summed E-state index contributed by atoms with van der Waals surface area (Å²) in [6.45, 7) is 4.22. The van der Waals surface area contributed by atoms with E-state index in [2.05, 4.69) is 10.2 Å². The van der Waals surface area contributed by atoms with E-state index in [0.29, 0.717) is 19.1 Å². The molecule has 2 heterocycles. The Morgan fingerprint density at radius 3 is 2.05 bits per heavy atom. The Balaban J connectivity index is 1.64. The number of rotatable bonds is 5. The van der Waals surface area contributed by atoms with Crippen LogP contribution in [0.25, 0.3) is 0 Å². The third-order valence-electron chi connectivity index (χ3n) is 4.33. The molecule has 7 heteroatoms. The van der Waals surface area contributed by atoms with Gasteiger partial charge in [0.25, 0.3) is 0 Å². The number of amides is 2. The number of hydrogen-bond donors (Lipinski definition) is 3. The first-order valence-corrected chi connectivity index (χ1v) is 7.81. The number of nitrogens with zero attached hydrogens (tertiary/aromatic N) is 2. The maximum atomic E-state index is 12.0. The monoisotopic (exact) mass is 297 g/mol. The number of likely N-dealkylation sites (tertiary alicyclic amines) is 2. The van der Waals surface area contributed by atoms with E-state index in [4.69, 9.17) is 11.5 Å². The summed E-state index contributed by atoms with van der Waals surface area (Å²) in [7, 11) is 0. The van der Waals surface area contributed by atoms with Crippen molar-refractivity contribution in [3.05, 3.63) is 0 Å². The minimum atomic E-state index is -0.291. The zero-order valence-corrected chi connectivity index (χ0v) is 12.6. The van der Waals surface area contributed by atoms with Crippen molar-refractivity contribution in [2.24, 2.45) is 11.5 Å². The van der Waals surface area contributed by atoms with E-state index >= 15 is 0 Å². The van der Waals surface area contributed by atoms with Crippen molar-refractivity contribution in [1.29, 1.82) is 0 Å². The second kappa shape index (κ2) is 7.72. The normalized spacial score (nSPS) is 23.1. The Labute approximate surface area is 126 Å². The minimum absolute atomic E-state index is 0.0961. The topological polar surface area (TPSA) is 105 Å². The van der Waals surface area contributed by atoms with E-state index in [0.717, 1.165) is 51.9 Å². The van der Waals surface area contributed by atoms with Gasteiger partial charge < -0.3 is 16.8 Å². The van der Waals surface area contributed by atoms with Crippen LogP contribution < -0.4 is 16.8 Å². The summed E-state index contributed by atoms with van der Waals surface area (Å²) in [5, 5.41) is 3.10. The van der Waals surface area contributed by atoms with E-state index in [-0.39, 0.29) is 17.9 Å². The highest BCUT2D eigenvalue weighted by atomic mass is 16.2.